The molecular formula is C27H26ClF3N2O2S. The van der Waals surface area contributed by atoms with E-state index in [-0.39, 0.29) is 16.7 Å². The molecule has 0 spiro atoms. The van der Waals surface area contributed by atoms with Gasteiger partial charge >= 0.3 is 6.18 Å². The first-order valence-electron chi connectivity index (χ1n) is 11.5. The summed E-state index contributed by atoms with van der Waals surface area (Å²) in [6, 6.07) is 11.2. The van der Waals surface area contributed by atoms with E-state index in [9.17, 15) is 22.8 Å². The molecule has 1 aliphatic rings. The highest BCUT2D eigenvalue weighted by Gasteiger charge is 2.36. The Labute approximate surface area is 216 Å². The van der Waals surface area contributed by atoms with Gasteiger partial charge in [0.25, 0.3) is 11.8 Å². The van der Waals surface area contributed by atoms with Crippen molar-refractivity contribution in [3.63, 3.8) is 0 Å². The Balaban J connectivity index is 1.71. The zero-order valence-electron chi connectivity index (χ0n) is 20.1. The highest BCUT2D eigenvalue weighted by Crippen LogP contribution is 2.45. The number of carbonyl (C=O) groups is 2. The normalized spacial score (nSPS) is 15.8. The summed E-state index contributed by atoms with van der Waals surface area (Å²) in [5.41, 5.74) is 0.167. The van der Waals surface area contributed by atoms with E-state index >= 15 is 0 Å². The lowest BCUT2D eigenvalue weighted by Gasteiger charge is -2.33. The molecule has 1 atom stereocenters. The van der Waals surface area contributed by atoms with Crippen molar-refractivity contribution in [2.24, 2.45) is 11.3 Å². The lowest BCUT2D eigenvalue weighted by atomic mass is 9.72. The van der Waals surface area contributed by atoms with E-state index < -0.39 is 23.6 Å². The summed E-state index contributed by atoms with van der Waals surface area (Å²) in [6.07, 6.45) is -2.44. The van der Waals surface area contributed by atoms with Crippen molar-refractivity contribution in [1.29, 1.82) is 0 Å². The third kappa shape index (κ3) is 5.60. The molecule has 36 heavy (non-hydrogen) atoms. The molecule has 2 N–H and O–H groups in total. The molecule has 1 heterocycles. The Morgan fingerprint density at radius 1 is 0.972 bits per heavy atom. The minimum absolute atomic E-state index is 0.0580. The van der Waals surface area contributed by atoms with Gasteiger partial charge in [0.1, 0.15) is 5.00 Å². The fourth-order valence-corrected chi connectivity index (χ4v) is 5.90. The average molecular weight is 535 g/mol. The van der Waals surface area contributed by atoms with Crippen LogP contribution in [-0.2, 0) is 19.0 Å². The number of benzene rings is 2. The van der Waals surface area contributed by atoms with Gasteiger partial charge in [0, 0.05) is 15.5 Å². The number of fused-ring (bicyclic) bond motifs is 1. The summed E-state index contributed by atoms with van der Waals surface area (Å²) >= 11 is 7.24. The molecule has 4 rings (SSSR count). The number of thiophene rings is 1. The van der Waals surface area contributed by atoms with Crippen LogP contribution in [-0.4, -0.2) is 11.8 Å². The van der Waals surface area contributed by atoms with Crippen molar-refractivity contribution in [2.45, 2.75) is 46.2 Å². The summed E-state index contributed by atoms with van der Waals surface area (Å²) in [4.78, 5) is 27.4. The van der Waals surface area contributed by atoms with Crippen LogP contribution in [0.3, 0.4) is 0 Å². The van der Waals surface area contributed by atoms with Crippen LogP contribution in [0.25, 0.3) is 0 Å². The Kier molecular flexibility index (Phi) is 7.21. The predicted octanol–water partition coefficient (Wildman–Crippen LogP) is 8.08. The average Bonchev–Trinajstić information content (AvgIpc) is 3.15. The van der Waals surface area contributed by atoms with Gasteiger partial charge in [0.2, 0.25) is 0 Å². The van der Waals surface area contributed by atoms with Crippen LogP contribution < -0.4 is 10.6 Å². The quantitative estimate of drug-likeness (QED) is 0.355. The van der Waals surface area contributed by atoms with Crippen molar-refractivity contribution in [1.82, 2.24) is 0 Å². The molecule has 0 fully saturated rings. The molecule has 1 aromatic heterocycles. The molecule has 0 saturated heterocycles. The topological polar surface area (TPSA) is 58.2 Å². The van der Waals surface area contributed by atoms with Crippen LogP contribution in [0.2, 0.25) is 5.02 Å². The second-order valence-electron chi connectivity index (χ2n) is 9.97. The number of amides is 2. The van der Waals surface area contributed by atoms with Gasteiger partial charge in [-0.1, -0.05) is 44.5 Å². The van der Waals surface area contributed by atoms with Gasteiger partial charge in [-0.25, -0.2) is 0 Å². The minimum Gasteiger partial charge on any atom is -0.321 e. The van der Waals surface area contributed by atoms with Crippen molar-refractivity contribution >= 4 is 45.4 Å². The lowest BCUT2D eigenvalue weighted by Crippen LogP contribution is -2.27. The van der Waals surface area contributed by atoms with Crippen LogP contribution in [0.1, 0.15) is 63.9 Å². The Morgan fingerprint density at radius 3 is 2.28 bits per heavy atom. The van der Waals surface area contributed by atoms with Gasteiger partial charge in [-0.3, -0.25) is 9.59 Å². The predicted molar refractivity (Wildman–Crippen MR) is 138 cm³/mol. The molecule has 0 aliphatic heterocycles. The molecule has 3 aromatic rings. The number of nitrogens with one attached hydrogen (secondary N) is 2. The first kappa shape index (κ1) is 26.2. The van der Waals surface area contributed by atoms with E-state index in [2.05, 4.69) is 31.4 Å². The number of carbonyl (C=O) groups excluding carboxylic acids is 2. The van der Waals surface area contributed by atoms with E-state index in [0.717, 1.165) is 29.3 Å². The molecule has 1 aliphatic carbocycles. The molecular weight excluding hydrogens is 509 g/mol. The molecule has 0 saturated carbocycles. The lowest BCUT2D eigenvalue weighted by molar-refractivity contribution is -0.136. The van der Waals surface area contributed by atoms with Crippen LogP contribution in [0.4, 0.5) is 23.9 Å². The summed E-state index contributed by atoms with van der Waals surface area (Å²) in [6.45, 7) is 6.50. The third-order valence-corrected chi connectivity index (χ3v) is 7.95. The number of alkyl halides is 3. The fraction of sp³-hybridized carbons (Fsp3) is 0.333. The molecule has 4 nitrogen and oxygen atoms in total. The standard InChI is InChI=1S/C27H26ClF3N2O2S/c1-26(2,3)16-10-13-18-21(14-16)36-25(33-23(34)15-8-11-17(28)12-9-15)22(18)24(35)32-20-7-5-4-6-19(20)27(29,30)31/h4-9,11-12,16H,10,13-14H2,1-3H3,(H,32,35)(H,33,34). The Morgan fingerprint density at radius 2 is 1.64 bits per heavy atom. The van der Waals surface area contributed by atoms with Crippen molar-refractivity contribution in [2.75, 3.05) is 10.6 Å². The largest absolute Gasteiger partial charge is 0.418 e. The van der Waals surface area contributed by atoms with Gasteiger partial charge < -0.3 is 10.6 Å². The molecule has 2 amide bonds. The van der Waals surface area contributed by atoms with Gasteiger partial charge in [-0.05, 0) is 72.6 Å². The second kappa shape index (κ2) is 9.90. The minimum atomic E-state index is -4.62. The van der Waals surface area contributed by atoms with Crippen molar-refractivity contribution in [3.8, 4) is 0 Å². The van der Waals surface area contributed by atoms with E-state index in [4.69, 9.17) is 11.6 Å². The number of para-hydroxylation sites is 1. The molecule has 1 unspecified atom stereocenters. The molecule has 190 valence electrons. The SMILES string of the molecule is CC(C)(C)C1CCc2c(sc(NC(=O)c3ccc(Cl)cc3)c2C(=O)Nc2ccccc2C(F)(F)F)C1. The maximum atomic E-state index is 13.5. The first-order valence-corrected chi connectivity index (χ1v) is 12.7. The maximum Gasteiger partial charge on any atom is 0.418 e. The molecule has 9 heteroatoms. The zero-order chi connectivity index (χ0) is 26.3. The van der Waals surface area contributed by atoms with E-state index in [0.29, 0.717) is 27.9 Å². The summed E-state index contributed by atoms with van der Waals surface area (Å²) in [5.74, 6) is -0.725. The fourth-order valence-electron chi connectivity index (χ4n) is 4.45. The van der Waals surface area contributed by atoms with Crippen LogP contribution in [0.15, 0.2) is 48.5 Å². The summed E-state index contributed by atoms with van der Waals surface area (Å²) < 4.78 is 40.6. The number of hydrogen-bond donors (Lipinski definition) is 2. The first-order chi connectivity index (χ1) is 16.8. The second-order valence-corrected chi connectivity index (χ2v) is 11.5. The number of hydrogen-bond acceptors (Lipinski definition) is 3. The third-order valence-electron chi connectivity index (χ3n) is 6.53. The maximum absolute atomic E-state index is 13.5. The van der Waals surface area contributed by atoms with Crippen LogP contribution in [0, 0.1) is 11.3 Å². The van der Waals surface area contributed by atoms with Crippen molar-refractivity contribution in [3.05, 3.63) is 80.7 Å². The number of rotatable bonds is 4. The van der Waals surface area contributed by atoms with Crippen molar-refractivity contribution < 1.29 is 22.8 Å². The van der Waals surface area contributed by atoms with Gasteiger partial charge in [0.15, 0.2) is 0 Å². The van der Waals surface area contributed by atoms with E-state index in [1.807, 2.05) is 0 Å². The number of halogens is 4. The molecule has 0 radical (unpaired) electrons. The Bertz CT molecular complexity index is 1290. The summed E-state index contributed by atoms with van der Waals surface area (Å²) in [5, 5.41) is 6.08. The number of anilines is 2. The highest BCUT2D eigenvalue weighted by molar-refractivity contribution is 7.17. The molecule has 2 aromatic carbocycles. The smallest absolute Gasteiger partial charge is 0.321 e. The highest BCUT2D eigenvalue weighted by atomic mass is 35.5. The van der Waals surface area contributed by atoms with Gasteiger partial charge in [0.05, 0.1) is 16.8 Å². The van der Waals surface area contributed by atoms with Gasteiger partial charge in [-0.15, -0.1) is 11.3 Å². The van der Waals surface area contributed by atoms with Gasteiger partial charge in [-0.2, -0.15) is 13.2 Å². The monoisotopic (exact) mass is 534 g/mol. The van der Waals surface area contributed by atoms with E-state index in [1.165, 1.54) is 29.5 Å². The molecule has 0 bridgehead atoms. The van der Waals surface area contributed by atoms with Crippen LogP contribution in [0.5, 0.6) is 0 Å². The summed E-state index contributed by atoms with van der Waals surface area (Å²) in [7, 11) is 0. The Hall–Kier alpha value is -2.84. The van der Waals surface area contributed by atoms with E-state index in [1.54, 1.807) is 24.3 Å². The zero-order valence-corrected chi connectivity index (χ0v) is 21.6. The van der Waals surface area contributed by atoms with Crippen LogP contribution >= 0.6 is 22.9 Å².